The summed E-state index contributed by atoms with van der Waals surface area (Å²) < 4.78 is 5.36. The second kappa shape index (κ2) is 4.30. The number of hydrogen-bond acceptors (Lipinski definition) is 2. The van der Waals surface area contributed by atoms with Gasteiger partial charge in [0.15, 0.2) is 0 Å². The zero-order chi connectivity index (χ0) is 13.5. The first kappa shape index (κ1) is 12.1. The van der Waals surface area contributed by atoms with Crippen LogP contribution in [0.1, 0.15) is 25.0 Å². The van der Waals surface area contributed by atoms with Crippen molar-refractivity contribution in [3.8, 4) is 5.75 Å². The fourth-order valence-electron chi connectivity index (χ4n) is 2.93. The van der Waals surface area contributed by atoms with Crippen molar-refractivity contribution in [3.05, 3.63) is 59.7 Å². The predicted octanol–water partition coefficient (Wildman–Crippen LogP) is 3.95. The second-order valence-corrected chi connectivity index (χ2v) is 5.50. The first-order chi connectivity index (χ1) is 9.13. The standard InChI is InChI=1S/C17H19NO/c1-17(2)16-11-15(19-3)10-9-13(16)12-18(17)14-7-5-4-6-8-14/h4-11H,12H2,1-3H3. The van der Waals surface area contributed by atoms with Crippen LogP contribution in [0, 0.1) is 0 Å². The third-order valence-electron chi connectivity index (χ3n) is 4.05. The van der Waals surface area contributed by atoms with Crippen molar-refractivity contribution < 1.29 is 4.74 Å². The SMILES string of the molecule is COc1ccc2c(c1)C(C)(C)N(c1ccccc1)C2. The molecule has 2 aromatic carbocycles. The van der Waals surface area contributed by atoms with E-state index in [1.54, 1.807) is 7.11 Å². The minimum atomic E-state index is -0.00870. The molecule has 0 spiro atoms. The van der Waals surface area contributed by atoms with E-state index in [9.17, 15) is 0 Å². The van der Waals surface area contributed by atoms with E-state index in [0.29, 0.717) is 0 Å². The predicted molar refractivity (Wildman–Crippen MR) is 78.6 cm³/mol. The number of methoxy groups -OCH3 is 1. The Morgan fingerprint density at radius 2 is 1.79 bits per heavy atom. The Bertz CT molecular complexity index is 589. The van der Waals surface area contributed by atoms with E-state index in [0.717, 1.165) is 12.3 Å². The Hall–Kier alpha value is -1.96. The van der Waals surface area contributed by atoms with Crippen molar-refractivity contribution in [2.75, 3.05) is 12.0 Å². The smallest absolute Gasteiger partial charge is 0.119 e. The summed E-state index contributed by atoms with van der Waals surface area (Å²) in [4.78, 5) is 2.44. The van der Waals surface area contributed by atoms with Crippen LogP contribution in [-0.2, 0) is 12.1 Å². The van der Waals surface area contributed by atoms with Crippen LogP contribution in [0.2, 0.25) is 0 Å². The summed E-state index contributed by atoms with van der Waals surface area (Å²) in [5.74, 6) is 0.932. The maximum Gasteiger partial charge on any atom is 0.119 e. The summed E-state index contributed by atoms with van der Waals surface area (Å²) >= 11 is 0. The number of rotatable bonds is 2. The number of nitrogens with zero attached hydrogens (tertiary/aromatic N) is 1. The van der Waals surface area contributed by atoms with Gasteiger partial charge < -0.3 is 9.64 Å². The Morgan fingerprint density at radius 1 is 1.05 bits per heavy atom. The molecule has 1 heterocycles. The molecule has 0 saturated heterocycles. The summed E-state index contributed by atoms with van der Waals surface area (Å²) in [6.07, 6.45) is 0. The van der Waals surface area contributed by atoms with Crippen LogP contribution >= 0.6 is 0 Å². The number of para-hydroxylation sites is 1. The molecule has 0 aliphatic carbocycles. The summed E-state index contributed by atoms with van der Waals surface area (Å²) in [6.45, 7) is 5.49. The van der Waals surface area contributed by atoms with Crippen molar-refractivity contribution in [2.24, 2.45) is 0 Å². The molecule has 2 heteroatoms. The highest BCUT2D eigenvalue weighted by molar-refractivity contribution is 5.58. The highest BCUT2D eigenvalue weighted by Gasteiger charge is 2.37. The topological polar surface area (TPSA) is 12.5 Å². The van der Waals surface area contributed by atoms with Gasteiger partial charge in [-0.25, -0.2) is 0 Å². The molecule has 0 bridgehead atoms. The maximum atomic E-state index is 5.36. The molecule has 0 fully saturated rings. The quantitative estimate of drug-likeness (QED) is 0.803. The molecule has 2 nitrogen and oxygen atoms in total. The molecule has 0 N–H and O–H groups in total. The third kappa shape index (κ3) is 1.88. The van der Waals surface area contributed by atoms with Crippen molar-refractivity contribution in [3.63, 3.8) is 0 Å². The molecule has 0 amide bonds. The number of ether oxygens (including phenoxy) is 1. The summed E-state index contributed by atoms with van der Waals surface area (Å²) in [6, 6.07) is 17.0. The van der Waals surface area contributed by atoms with Gasteiger partial charge in [-0.15, -0.1) is 0 Å². The van der Waals surface area contributed by atoms with E-state index in [-0.39, 0.29) is 5.54 Å². The molecule has 0 saturated carbocycles. The zero-order valence-electron chi connectivity index (χ0n) is 11.7. The van der Waals surface area contributed by atoms with Crippen LogP contribution in [0.25, 0.3) is 0 Å². The van der Waals surface area contributed by atoms with E-state index in [4.69, 9.17) is 4.74 Å². The normalized spacial score (nSPS) is 16.3. The summed E-state index contributed by atoms with van der Waals surface area (Å²) in [7, 11) is 1.72. The molecule has 3 rings (SSSR count). The molecule has 98 valence electrons. The number of benzene rings is 2. The Labute approximate surface area is 114 Å². The van der Waals surface area contributed by atoms with Gasteiger partial charge in [0, 0.05) is 12.2 Å². The van der Waals surface area contributed by atoms with Crippen LogP contribution in [0.5, 0.6) is 5.75 Å². The lowest BCUT2D eigenvalue weighted by Gasteiger charge is -2.34. The van der Waals surface area contributed by atoms with Crippen molar-refractivity contribution in [1.82, 2.24) is 0 Å². The first-order valence-electron chi connectivity index (χ1n) is 6.63. The lowest BCUT2D eigenvalue weighted by molar-refractivity contribution is 0.412. The van der Waals surface area contributed by atoms with Gasteiger partial charge in [0.25, 0.3) is 0 Å². The van der Waals surface area contributed by atoms with Crippen LogP contribution in [0.3, 0.4) is 0 Å². The maximum absolute atomic E-state index is 5.36. The fraction of sp³-hybridized carbons (Fsp3) is 0.294. The molecule has 2 aromatic rings. The van der Waals surface area contributed by atoms with Gasteiger partial charge in [-0.1, -0.05) is 24.3 Å². The van der Waals surface area contributed by atoms with Gasteiger partial charge in [0.05, 0.1) is 12.6 Å². The lowest BCUT2D eigenvalue weighted by atomic mass is 9.93. The highest BCUT2D eigenvalue weighted by Crippen LogP contribution is 2.42. The number of hydrogen-bond donors (Lipinski definition) is 0. The second-order valence-electron chi connectivity index (χ2n) is 5.50. The Balaban J connectivity index is 2.05. The van der Waals surface area contributed by atoms with E-state index in [1.165, 1.54) is 16.8 Å². The molecule has 0 unspecified atom stereocenters. The lowest BCUT2D eigenvalue weighted by Crippen LogP contribution is -2.35. The van der Waals surface area contributed by atoms with Crippen LogP contribution in [-0.4, -0.2) is 7.11 Å². The van der Waals surface area contributed by atoms with Crippen LogP contribution in [0.4, 0.5) is 5.69 Å². The molecule has 1 aliphatic rings. The minimum Gasteiger partial charge on any atom is -0.497 e. The van der Waals surface area contributed by atoms with E-state index >= 15 is 0 Å². The van der Waals surface area contributed by atoms with Gasteiger partial charge in [-0.2, -0.15) is 0 Å². The summed E-state index contributed by atoms with van der Waals surface area (Å²) in [5.41, 5.74) is 4.00. The van der Waals surface area contributed by atoms with Crippen molar-refractivity contribution in [2.45, 2.75) is 25.9 Å². The first-order valence-corrected chi connectivity index (χ1v) is 6.63. The van der Waals surface area contributed by atoms with Gasteiger partial charge in [0.2, 0.25) is 0 Å². The Morgan fingerprint density at radius 3 is 2.47 bits per heavy atom. The molecule has 19 heavy (non-hydrogen) atoms. The van der Waals surface area contributed by atoms with Gasteiger partial charge in [-0.3, -0.25) is 0 Å². The average Bonchev–Trinajstić information content (AvgIpc) is 2.71. The highest BCUT2D eigenvalue weighted by atomic mass is 16.5. The van der Waals surface area contributed by atoms with E-state index in [1.807, 2.05) is 6.07 Å². The molecular weight excluding hydrogens is 234 g/mol. The van der Waals surface area contributed by atoms with Gasteiger partial charge >= 0.3 is 0 Å². The van der Waals surface area contributed by atoms with Crippen LogP contribution < -0.4 is 9.64 Å². The van der Waals surface area contributed by atoms with E-state index in [2.05, 4.69) is 61.2 Å². The van der Waals surface area contributed by atoms with Gasteiger partial charge in [-0.05, 0) is 49.2 Å². The molecule has 1 aliphatic heterocycles. The summed E-state index contributed by atoms with van der Waals surface area (Å²) in [5, 5.41) is 0. The van der Waals surface area contributed by atoms with Crippen molar-refractivity contribution >= 4 is 5.69 Å². The number of fused-ring (bicyclic) bond motifs is 1. The fourth-order valence-corrected chi connectivity index (χ4v) is 2.93. The van der Waals surface area contributed by atoms with Crippen molar-refractivity contribution in [1.29, 1.82) is 0 Å². The third-order valence-corrected chi connectivity index (χ3v) is 4.05. The average molecular weight is 253 g/mol. The molecular formula is C17H19NO. The monoisotopic (exact) mass is 253 g/mol. The molecule has 0 radical (unpaired) electrons. The number of anilines is 1. The van der Waals surface area contributed by atoms with Gasteiger partial charge in [0.1, 0.15) is 5.75 Å². The largest absolute Gasteiger partial charge is 0.497 e. The van der Waals surface area contributed by atoms with Crippen LogP contribution in [0.15, 0.2) is 48.5 Å². The Kier molecular flexibility index (Phi) is 2.74. The zero-order valence-corrected chi connectivity index (χ0v) is 11.7. The minimum absolute atomic E-state index is 0.00870. The molecule has 0 atom stereocenters. The molecule has 0 aromatic heterocycles. The van der Waals surface area contributed by atoms with E-state index < -0.39 is 0 Å².